The van der Waals surface area contributed by atoms with Crippen LogP contribution in [0.25, 0.3) is 0 Å². The number of amides is 1. The molecular weight excluding hydrogens is 398 g/mol. The standard InChI is InChI=1S/C20H24ClN3O3S/c1-23-11-13-24(14-12-23)28(26,27)19-15-17(7-8-18(19)21)20(25)22-10-9-16-5-3-2-4-6-16/h2-8,15H,9-14H2,1H3,(H,22,25). The van der Waals surface area contributed by atoms with E-state index in [2.05, 4.69) is 10.2 Å². The summed E-state index contributed by atoms with van der Waals surface area (Å²) in [6.45, 7) is 2.60. The Morgan fingerprint density at radius 2 is 1.75 bits per heavy atom. The quantitative estimate of drug-likeness (QED) is 0.776. The molecule has 1 N–H and O–H groups in total. The van der Waals surface area contributed by atoms with Gasteiger partial charge in [-0.2, -0.15) is 4.31 Å². The highest BCUT2D eigenvalue weighted by Crippen LogP contribution is 2.26. The van der Waals surface area contributed by atoms with E-state index in [1.165, 1.54) is 16.4 Å². The molecule has 0 spiro atoms. The molecule has 6 nitrogen and oxygen atoms in total. The van der Waals surface area contributed by atoms with Crippen molar-refractivity contribution < 1.29 is 13.2 Å². The first-order chi connectivity index (χ1) is 13.4. The SMILES string of the molecule is CN1CCN(S(=O)(=O)c2cc(C(=O)NCCc3ccccc3)ccc2Cl)CC1. The average Bonchev–Trinajstić information content (AvgIpc) is 2.69. The molecule has 28 heavy (non-hydrogen) atoms. The number of hydrogen-bond acceptors (Lipinski definition) is 4. The first kappa shape index (κ1) is 20.8. The van der Waals surface area contributed by atoms with Crippen LogP contribution in [0.15, 0.2) is 53.4 Å². The van der Waals surface area contributed by atoms with Crippen LogP contribution in [-0.4, -0.2) is 63.3 Å². The normalized spacial score (nSPS) is 16.1. The molecule has 1 heterocycles. The van der Waals surface area contributed by atoms with Crippen LogP contribution in [0, 0.1) is 0 Å². The molecule has 2 aromatic carbocycles. The molecule has 1 saturated heterocycles. The molecule has 2 aromatic rings. The van der Waals surface area contributed by atoms with E-state index in [0.717, 1.165) is 5.56 Å². The van der Waals surface area contributed by atoms with Crippen LogP contribution >= 0.6 is 11.6 Å². The van der Waals surface area contributed by atoms with Crippen molar-refractivity contribution >= 4 is 27.5 Å². The summed E-state index contributed by atoms with van der Waals surface area (Å²) in [5.41, 5.74) is 1.41. The summed E-state index contributed by atoms with van der Waals surface area (Å²) in [5.74, 6) is -0.317. The highest BCUT2D eigenvalue weighted by molar-refractivity contribution is 7.89. The number of benzene rings is 2. The molecule has 0 saturated carbocycles. The molecule has 8 heteroatoms. The minimum Gasteiger partial charge on any atom is -0.352 e. The lowest BCUT2D eigenvalue weighted by Crippen LogP contribution is -2.47. The zero-order chi connectivity index (χ0) is 20.1. The summed E-state index contributed by atoms with van der Waals surface area (Å²) in [5, 5.41) is 2.96. The summed E-state index contributed by atoms with van der Waals surface area (Å²) in [7, 11) is -1.79. The number of carbonyl (C=O) groups excluding carboxylic acids is 1. The fraction of sp³-hybridized carbons (Fsp3) is 0.350. The number of carbonyl (C=O) groups is 1. The number of piperazine rings is 1. The third-order valence-electron chi connectivity index (χ3n) is 4.82. The van der Waals surface area contributed by atoms with E-state index in [9.17, 15) is 13.2 Å². The van der Waals surface area contributed by atoms with E-state index >= 15 is 0 Å². The Bertz CT molecular complexity index is 927. The molecule has 150 valence electrons. The lowest BCUT2D eigenvalue weighted by Gasteiger charge is -2.31. The summed E-state index contributed by atoms with van der Waals surface area (Å²) in [4.78, 5) is 14.5. The second kappa shape index (κ2) is 9.05. The maximum Gasteiger partial charge on any atom is 0.251 e. The van der Waals surface area contributed by atoms with Crippen LogP contribution in [0.3, 0.4) is 0 Å². The maximum atomic E-state index is 13.0. The van der Waals surface area contributed by atoms with Gasteiger partial charge in [-0.1, -0.05) is 41.9 Å². The van der Waals surface area contributed by atoms with Gasteiger partial charge in [0.25, 0.3) is 5.91 Å². The van der Waals surface area contributed by atoms with E-state index in [0.29, 0.717) is 39.1 Å². The maximum absolute atomic E-state index is 13.0. The van der Waals surface area contributed by atoms with Crippen molar-refractivity contribution in [3.05, 3.63) is 64.7 Å². The van der Waals surface area contributed by atoms with Crippen LogP contribution < -0.4 is 5.32 Å². The van der Waals surface area contributed by atoms with E-state index in [1.54, 1.807) is 6.07 Å². The van der Waals surface area contributed by atoms with Gasteiger partial charge >= 0.3 is 0 Å². The first-order valence-corrected chi connectivity index (χ1v) is 11.0. The van der Waals surface area contributed by atoms with Crippen molar-refractivity contribution in [1.29, 1.82) is 0 Å². The number of nitrogens with one attached hydrogen (secondary N) is 1. The minimum atomic E-state index is -3.74. The van der Waals surface area contributed by atoms with Crippen molar-refractivity contribution in [1.82, 2.24) is 14.5 Å². The van der Waals surface area contributed by atoms with Gasteiger partial charge in [0.05, 0.1) is 5.02 Å². The number of rotatable bonds is 6. The van der Waals surface area contributed by atoms with Crippen LogP contribution in [0.1, 0.15) is 15.9 Å². The number of halogens is 1. The van der Waals surface area contributed by atoms with Gasteiger partial charge in [0.15, 0.2) is 0 Å². The Morgan fingerprint density at radius 3 is 2.43 bits per heavy atom. The predicted molar refractivity (Wildman–Crippen MR) is 110 cm³/mol. The van der Waals surface area contributed by atoms with Gasteiger partial charge in [0, 0.05) is 38.3 Å². The van der Waals surface area contributed by atoms with Crippen LogP contribution in [0.4, 0.5) is 0 Å². The largest absolute Gasteiger partial charge is 0.352 e. The van der Waals surface area contributed by atoms with Gasteiger partial charge < -0.3 is 10.2 Å². The number of sulfonamides is 1. The zero-order valence-electron chi connectivity index (χ0n) is 15.8. The van der Waals surface area contributed by atoms with Gasteiger partial charge in [0.2, 0.25) is 10.0 Å². The average molecular weight is 422 g/mol. The molecule has 0 aliphatic carbocycles. The number of likely N-dealkylation sites (N-methyl/N-ethyl adjacent to an activating group) is 1. The van der Waals surface area contributed by atoms with Crippen molar-refractivity contribution in [2.24, 2.45) is 0 Å². The molecule has 0 radical (unpaired) electrons. The third kappa shape index (κ3) is 4.91. The molecule has 3 rings (SSSR count). The van der Waals surface area contributed by atoms with Crippen molar-refractivity contribution in [3.63, 3.8) is 0 Å². The Kier molecular flexibility index (Phi) is 6.72. The molecule has 1 amide bonds. The van der Waals surface area contributed by atoms with Crippen LogP contribution in [0.5, 0.6) is 0 Å². The summed E-state index contributed by atoms with van der Waals surface area (Å²) < 4.78 is 27.4. The summed E-state index contributed by atoms with van der Waals surface area (Å²) in [6.07, 6.45) is 0.701. The highest BCUT2D eigenvalue weighted by atomic mass is 35.5. The van der Waals surface area contributed by atoms with E-state index in [1.807, 2.05) is 37.4 Å². The molecule has 1 aliphatic rings. The Balaban J connectivity index is 1.70. The molecule has 0 aromatic heterocycles. The zero-order valence-corrected chi connectivity index (χ0v) is 17.3. The number of hydrogen-bond donors (Lipinski definition) is 1. The molecule has 0 bridgehead atoms. The van der Waals surface area contributed by atoms with Crippen LogP contribution in [-0.2, 0) is 16.4 Å². The number of nitrogens with zero attached hydrogens (tertiary/aromatic N) is 2. The first-order valence-electron chi connectivity index (χ1n) is 9.18. The lowest BCUT2D eigenvalue weighted by molar-refractivity contribution is 0.0954. The second-order valence-electron chi connectivity index (χ2n) is 6.84. The summed E-state index contributed by atoms with van der Waals surface area (Å²) in [6, 6.07) is 14.2. The van der Waals surface area contributed by atoms with Gasteiger partial charge in [-0.3, -0.25) is 4.79 Å². The Hall–Kier alpha value is -1.93. The summed E-state index contributed by atoms with van der Waals surface area (Å²) >= 11 is 6.17. The fourth-order valence-electron chi connectivity index (χ4n) is 3.08. The van der Waals surface area contributed by atoms with Crippen LogP contribution in [0.2, 0.25) is 5.02 Å². The fourth-order valence-corrected chi connectivity index (χ4v) is 5.00. The highest BCUT2D eigenvalue weighted by Gasteiger charge is 2.29. The van der Waals surface area contributed by atoms with Gasteiger partial charge in [-0.25, -0.2) is 8.42 Å². The van der Waals surface area contributed by atoms with Crippen molar-refractivity contribution in [2.75, 3.05) is 39.8 Å². The monoisotopic (exact) mass is 421 g/mol. The molecule has 0 unspecified atom stereocenters. The van der Waals surface area contributed by atoms with E-state index in [4.69, 9.17) is 11.6 Å². The smallest absolute Gasteiger partial charge is 0.251 e. The van der Waals surface area contributed by atoms with Crippen molar-refractivity contribution in [3.8, 4) is 0 Å². The van der Waals surface area contributed by atoms with Gasteiger partial charge in [0.1, 0.15) is 4.90 Å². The minimum absolute atomic E-state index is 0.0190. The molecule has 1 fully saturated rings. The molecule has 0 atom stereocenters. The van der Waals surface area contributed by atoms with E-state index < -0.39 is 10.0 Å². The van der Waals surface area contributed by atoms with E-state index in [-0.39, 0.29) is 21.4 Å². The predicted octanol–water partition coefficient (Wildman–Crippen LogP) is 2.25. The second-order valence-corrected chi connectivity index (χ2v) is 9.16. The third-order valence-corrected chi connectivity index (χ3v) is 7.20. The molecule has 1 aliphatic heterocycles. The van der Waals surface area contributed by atoms with Gasteiger partial charge in [-0.05, 0) is 37.2 Å². The molecular formula is C20H24ClN3O3S. The Morgan fingerprint density at radius 1 is 1.07 bits per heavy atom. The van der Waals surface area contributed by atoms with Crippen molar-refractivity contribution in [2.45, 2.75) is 11.3 Å². The lowest BCUT2D eigenvalue weighted by atomic mass is 10.1. The topological polar surface area (TPSA) is 69.7 Å². The Labute approximate surface area is 171 Å². The van der Waals surface area contributed by atoms with Gasteiger partial charge in [-0.15, -0.1) is 0 Å².